The summed E-state index contributed by atoms with van der Waals surface area (Å²) < 4.78 is 43.9. The van der Waals surface area contributed by atoms with Gasteiger partial charge >= 0.3 is 0 Å². The van der Waals surface area contributed by atoms with Crippen LogP contribution in [0.3, 0.4) is 0 Å². The van der Waals surface area contributed by atoms with Crippen molar-refractivity contribution in [1.29, 1.82) is 0 Å². The molecule has 0 fully saturated rings. The molecule has 0 unspecified atom stereocenters. The number of hydrogen-bond donors (Lipinski definition) is 1. The van der Waals surface area contributed by atoms with Crippen molar-refractivity contribution >= 4 is 27.3 Å². The molecule has 3 aromatic carbocycles. The summed E-state index contributed by atoms with van der Waals surface area (Å²) in [5, 5.41) is 2.85. The van der Waals surface area contributed by atoms with Crippen LogP contribution >= 0.6 is 0 Å². The molecule has 0 aromatic heterocycles. The third kappa shape index (κ3) is 4.51. The lowest BCUT2D eigenvalue weighted by Crippen LogP contribution is -2.35. The monoisotopic (exact) mass is 482 g/mol. The molecular formula is C25H26N2O6S. The lowest BCUT2D eigenvalue weighted by atomic mass is 10.0. The van der Waals surface area contributed by atoms with Crippen molar-refractivity contribution in [2.45, 2.75) is 17.7 Å². The quantitative estimate of drug-likeness (QED) is 0.545. The molecule has 9 heteroatoms. The molecule has 1 heterocycles. The van der Waals surface area contributed by atoms with Crippen LogP contribution in [0.25, 0.3) is 0 Å². The van der Waals surface area contributed by atoms with E-state index in [0.29, 0.717) is 47.2 Å². The number of benzene rings is 3. The Hall–Kier alpha value is -3.72. The Balaban J connectivity index is 1.64. The Kier molecular flexibility index (Phi) is 6.65. The number of carbonyl (C=O) groups is 1. The third-order valence-corrected chi connectivity index (χ3v) is 7.55. The largest absolute Gasteiger partial charge is 0.497 e. The number of ether oxygens (including phenoxy) is 3. The predicted octanol–water partition coefficient (Wildman–Crippen LogP) is 4.11. The van der Waals surface area contributed by atoms with Crippen LogP contribution in [-0.4, -0.2) is 42.2 Å². The van der Waals surface area contributed by atoms with Crippen molar-refractivity contribution in [2.24, 2.45) is 0 Å². The topological polar surface area (TPSA) is 94.2 Å². The summed E-state index contributed by atoms with van der Waals surface area (Å²) in [6, 6.07) is 16.6. The van der Waals surface area contributed by atoms with Gasteiger partial charge in [-0.25, -0.2) is 8.42 Å². The second kappa shape index (κ2) is 9.64. The smallest absolute Gasteiger partial charge is 0.264 e. The minimum atomic E-state index is -3.79. The average molecular weight is 483 g/mol. The second-order valence-corrected chi connectivity index (χ2v) is 9.58. The second-order valence-electron chi connectivity index (χ2n) is 7.72. The van der Waals surface area contributed by atoms with E-state index >= 15 is 0 Å². The van der Waals surface area contributed by atoms with E-state index in [2.05, 4.69) is 5.32 Å². The molecule has 1 aliphatic rings. The number of methoxy groups -OCH3 is 3. The van der Waals surface area contributed by atoms with E-state index in [-0.39, 0.29) is 10.8 Å². The summed E-state index contributed by atoms with van der Waals surface area (Å²) in [5.41, 5.74) is 2.28. The molecule has 0 aliphatic carbocycles. The van der Waals surface area contributed by atoms with Crippen molar-refractivity contribution in [3.05, 3.63) is 71.8 Å². The average Bonchev–Trinajstić information content (AvgIpc) is 2.87. The molecular weight excluding hydrogens is 456 g/mol. The van der Waals surface area contributed by atoms with Crippen LogP contribution in [0.15, 0.2) is 65.6 Å². The summed E-state index contributed by atoms with van der Waals surface area (Å²) in [6.45, 7) is 0.352. The first-order valence-electron chi connectivity index (χ1n) is 10.7. The van der Waals surface area contributed by atoms with Crippen LogP contribution in [0.2, 0.25) is 0 Å². The van der Waals surface area contributed by atoms with Crippen LogP contribution in [0.5, 0.6) is 17.2 Å². The Morgan fingerprint density at radius 1 is 0.882 bits per heavy atom. The number of nitrogens with one attached hydrogen (secondary N) is 1. The predicted molar refractivity (Wildman–Crippen MR) is 130 cm³/mol. The van der Waals surface area contributed by atoms with Gasteiger partial charge in [0.25, 0.3) is 15.9 Å². The SMILES string of the molecule is COc1ccc(S(=O)(=O)N2CCCc3ccc(NC(=O)c4ccc(OC)cc4OC)cc32)cc1. The number of aryl methyl sites for hydroxylation is 1. The lowest BCUT2D eigenvalue weighted by molar-refractivity contribution is 0.102. The highest BCUT2D eigenvalue weighted by atomic mass is 32.2. The fourth-order valence-electron chi connectivity index (χ4n) is 3.93. The fraction of sp³-hybridized carbons (Fsp3) is 0.240. The van der Waals surface area contributed by atoms with E-state index in [4.69, 9.17) is 14.2 Å². The van der Waals surface area contributed by atoms with Crippen molar-refractivity contribution < 1.29 is 27.4 Å². The Morgan fingerprint density at radius 3 is 2.26 bits per heavy atom. The van der Waals surface area contributed by atoms with Gasteiger partial charge in [0.1, 0.15) is 17.2 Å². The number of hydrogen-bond acceptors (Lipinski definition) is 6. The van der Waals surface area contributed by atoms with E-state index in [1.807, 2.05) is 6.07 Å². The van der Waals surface area contributed by atoms with Gasteiger partial charge in [-0.3, -0.25) is 9.10 Å². The molecule has 34 heavy (non-hydrogen) atoms. The lowest BCUT2D eigenvalue weighted by Gasteiger charge is -2.31. The maximum absolute atomic E-state index is 13.4. The molecule has 0 saturated carbocycles. The van der Waals surface area contributed by atoms with Gasteiger partial charge in [0.2, 0.25) is 0 Å². The van der Waals surface area contributed by atoms with Crippen LogP contribution < -0.4 is 23.8 Å². The van der Waals surface area contributed by atoms with Gasteiger partial charge in [-0.05, 0) is 66.9 Å². The number of anilines is 2. The van der Waals surface area contributed by atoms with Crippen LogP contribution in [0, 0.1) is 0 Å². The van der Waals surface area contributed by atoms with Crippen molar-refractivity contribution in [3.63, 3.8) is 0 Å². The summed E-state index contributed by atoms with van der Waals surface area (Å²) in [6.07, 6.45) is 1.46. The van der Waals surface area contributed by atoms with Gasteiger partial charge in [-0.1, -0.05) is 6.07 Å². The van der Waals surface area contributed by atoms with Gasteiger partial charge in [-0.15, -0.1) is 0 Å². The van der Waals surface area contributed by atoms with Gasteiger partial charge in [0, 0.05) is 18.3 Å². The van der Waals surface area contributed by atoms with Crippen molar-refractivity contribution in [2.75, 3.05) is 37.5 Å². The molecule has 1 N–H and O–H groups in total. The van der Waals surface area contributed by atoms with E-state index in [1.165, 1.54) is 37.8 Å². The maximum Gasteiger partial charge on any atom is 0.264 e. The molecule has 0 radical (unpaired) electrons. The first-order chi connectivity index (χ1) is 16.4. The zero-order chi connectivity index (χ0) is 24.3. The van der Waals surface area contributed by atoms with Crippen LogP contribution in [0.1, 0.15) is 22.3 Å². The van der Waals surface area contributed by atoms with E-state index < -0.39 is 10.0 Å². The maximum atomic E-state index is 13.4. The highest BCUT2D eigenvalue weighted by Gasteiger charge is 2.29. The Labute approximate surface area is 199 Å². The summed E-state index contributed by atoms with van der Waals surface area (Å²) in [7, 11) is 0.758. The van der Waals surface area contributed by atoms with E-state index in [9.17, 15) is 13.2 Å². The van der Waals surface area contributed by atoms with Gasteiger partial charge < -0.3 is 19.5 Å². The number of rotatable bonds is 7. The fourth-order valence-corrected chi connectivity index (χ4v) is 5.46. The molecule has 3 aromatic rings. The van der Waals surface area contributed by atoms with E-state index in [1.54, 1.807) is 42.5 Å². The van der Waals surface area contributed by atoms with Gasteiger partial charge in [0.15, 0.2) is 0 Å². The molecule has 1 amide bonds. The Morgan fingerprint density at radius 2 is 1.59 bits per heavy atom. The number of nitrogens with zero attached hydrogens (tertiary/aromatic N) is 1. The third-order valence-electron chi connectivity index (χ3n) is 5.72. The first kappa shape index (κ1) is 23.4. The molecule has 178 valence electrons. The minimum absolute atomic E-state index is 0.179. The minimum Gasteiger partial charge on any atom is -0.497 e. The normalized spacial score (nSPS) is 13.1. The summed E-state index contributed by atoms with van der Waals surface area (Å²) in [5.74, 6) is 1.15. The highest BCUT2D eigenvalue weighted by molar-refractivity contribution is 7.92. The molecule has 8 nitrogen and oxygen atoms in total. The summed E-state index contributed by atoms with van der Waals surface area (Å²) >= 11 is 0. The zero-order valence-corrected chi connectivity index (χ0v) is 20.0. The first-order valence-corrected chi connectivity index (χ1v) is 12.1. The molecule has 1 aliphatic heterocycles. The number of amides is 1. The highest BCUT2D eigenvalue weighted by Crippen LogP contribution is 2.35. The van der Waals surface area contributed by atoms with Crippen LogP contribution in [-0.2, 0) is 16.4 Å². The zero-order valence-electron chi connectivity index (χ0n) is 19.2. The van der Waals surface area contributed by atoms with Crippen molar-refractivity contribution in [3.8, 4) is 17.2 Å². The number of carbonyl (C=O) groups excluding carboxylic acids is 1. The van der Waals surface area contributed by atoms with E-state index in [0.717, 1.165) is 12.0 Å². The van der Waals surface area contributed by atoms with Crippen LogP contribution in [0.4, 0.5) is 11.4 Å². The summed E-state index contributed by atoms with van der Waals surface area (Å²) in [4.78, 5) is 13.1. The van der Waals surface area contributed by atoms with Gasteiger partial charge in [0.05, 0.1) is 37.5 Å². The molecule has 0 bridgehead atoms. The standard InChI is InChI=1S/C25H26N2O6S/c1-31-19-8-11-21(12-9-19)34(29,30)27-14-4-5-17-6-7-18(15-23(17)27)26-25(28)22-13-10-20(32-2)16-24(22)33-3/h6-13,15-16H,4-5,14H2,1-3H3,(H,26,28). The van der Waals surface area contributed by atoms with Gasteiger partial charge in [-0.2, -0.15) is 0 Å². The molecule has 4 rings (SSSR count). The molecule has 0 spiro atoms. The molecule has 0 saturated heterocycles. The molecule has 0 atom stereocenters. The number of sulfonamides is 1. The number of fused-ring (bicyclic) bond motifs is 1. The Bertz CT molecular complexity index is 1310. The van der Waals surface area contributed by atoms with Crippen molar-refractivity contribution in [1.82, 2.24) is 0 Å².